The highest BCUT2D eigenvalue weighted by Crippen LogP contribution is 2.35. The normalized spacial score (nSPS) is 16.2. The molecule has 0 saturated carbocycles. The molecule has 1 fully saturated rings. The summed E-state index contributed by atoms with van der Waals surface area (Å²) in [5.41, 5.74) is 3.89. The monoisotopic (exact) mass is 446 g/mol. The second-order valence-corrected chi connectivity index (χ2v) is 7.47. The molecule has 3 aromatic rings. The van der Waals surface area contributed by atoms with E-state index in [9.17, 15) is 22.8 Å². The van der Waals surface area contributed by atoms with Gasteiger partial charge in [-0.3, -0.25) is 19.7 Å². The van der Waals surface area contributed by atoms with Crippen molar-refractivity contribution in [3.8, 4) is 0 Å². The maximum Gasteiger partial charge on any atom is 0.416 e. The van der Waals surface area contributed by atoms with E-state index in [-0.39, 0.29) is 16.9 Å². The third-order valence-corrected chi connectivity index (χ3v) is 5.47. The summed E-state index contributed by atoms with van der Waals surface area (Å²) in [4.78, 5) is 37.0. The van der Waals surface area contributed by atoms with Crippen molar-refractivity contribution in [2.45, 2.75) is 12.2 Å². The van der Waals surface area contributed by atoms with Gasteiger partial charge >= 0.3 is 11.9 Å². The van der Waals surface area contributed by atoms with Crippen molar-refractivity contribution in [3.05, 3.63) is 86.2 Å². The Labute approximate surface area is 180 Å². The first-order valence-electron chi connectivity index (χ1n) is 9.93. The van der Waals surface area contributed by atoms with Crippen LogP contribution in [0, 0.1) is 0 Å². The summed E-state index contributed by atoms with van der Waals surface area (Å²) in [5.74, 6) is 0.623. The van der Waals surface area contributed by atoms with Gasteiger partial charge in [-0.1, -0.05) is 18.2 Å². The molecule has 0 bridgehead atoms. The van der Waals surface area contributed by atoms with Gasteiger partial charge in [0.15, 0.2) is 0 Å². The van der Waals surface area contributed by atoms with Crippen LogP contribution in [-0.2, 0) is 6.18 Å². The molecular formula is C21H21F3N6O2. The summed E-state index contributed by atoms with van der Waals surface area (Å²) in [6.45, 7) is 1.98. The zero-order chi connectivity index (χ0) is 22.9. The highest BCUT2D eigenvalue weighted by molar-refractivity contribution is 5.46. The van der Waals surface area contributed by atoms with Crippen LogP contribution < -0.4 is 21.9 Å². The van der Waals surface area contributed by atoms with Gasteiger partial charge in [-0.25, -0.2) is 9.78 Å². The molecule has 1 aliphatic heterocycles. The second-order valence-electron chi connectivity index (χ2n) is 7.47. The largest absolute Gasteiger partial charge is 0.416 e. The standard InChI is InChI=1S/C21H21F3N6O2/c22-21(23,24)14-5-3-4-13(12-14)17(16-18(25)27-20(32)28-19(16)31)30-10-8-29(9-11-30)15-6-1-2-7-26-15/h1-7,12,17H,8-11H2,(H4,25,27,28,31,32). The van der Waals surface area contributed by atoms with Crippen LogP contribution in [0.25, 0.3) is 0 Å². The molecule has 168 valence electrons. The molecule has 1 atom stereocenters. The molecular weight excluding hydrogens is 425 g/mol. The highest BCUT2D eigenvalue weighted by Gasteiger charge is 2.34. The smallest absolute Gasteiger partial charge is 0.385 e. The van der Waals surface area contributed by atoms with E-state index >= 15 is 0 Å². The number of benzene rings is 1. The van der Waals surface area contributed by atoms with E-state index < -0.39 is 29.0 Å². The third-order valence-electron chi connectivity index (χ3n) is 5.47. The molecule has 4 rings (SSSR count). The summed E-state index contributed by atoms with van der Waals surface area (Å²) >= 11 is 0. The third kappa shape index (κ3) is 4.37. The average Bonchev–Trinajstić information content (AvgIpc) is 2.76. The minimum absolute atomic E-state index is 0.00945. The topological polar surface area (TPSA) is 111 Å². The number of aromatic nitrogens is 3. The highest BCUT2D eigenvalue weighted by atomic mass is 19.4. The molecule has 1 unspecified atom stereocenters. The first-order chi connectivity index (χ1) is 15.2. The van der Waals surface area contributed by atoms with E-state index in [1.807, 2.05) is 23.1 Å². The average molecular weight is 446 g/mol. The van der Waals surface area contributed by atoms with Gasteiger partial charge in [0, 0.05) is 32.4 Å². The van der Waals surface area contributed by atoms with Crippen molar-refractivity contribution in [2.24, 2.45) is 0 Å². The van der Waals surface area contributed by atoms with Gasteiger partial charge in [-0.05, 0) is 29.8 Å². The molecule has 1 saturated heterocycles. The number of nitrogen functional groups attached to an aromatic ring is 1. The van der Waals surface area contributed by atoms with E-state index in [0.29, 0.717) is 26.2 Å². The number of nitrogens with one attached hydrogen (secondary N) is 2. The van der Waals surface area contributed by atoms with Gasteiger partial charge in [0.1, 0.15) is 11.6 Å². The number of piperazine rings is 1. The minimum Gasteiger partial charge on any atom is -0.385 e. The zero-order valence-electron chi connectivity index (χ0n) is 16.9. The van der Waals surface area contributed by atoms with Crippen LogP contribution in [-0.4, -0.2) is 46.0 Å². The van der Waals surface area contributed by atoms with Gasteiger partial charge in [-0.2, -0.15) is 13.2 Å². The van der Waals surface area contributed by atoms with Crippen LogP contribution in [0.4, 0.5) is 24.8 Å². The Morgan fingerprint density at radius 3 is 2.38 bits per heavy atom. The van der Waals surface area contributed by atoms with E-state index in [1.165, 1.54) is 12.1 Å². The molecule has 1 aromatic carbocycles. The fraction of sp³-hybridized carbons (Fsp3) is 0.286. The predicted octanol–water partition coefficient (Wildman–Crippen LogP) is 1.97. The number of pyridine rings is 1. The zero-order valence-corrected chi connectivity index (χ0v) is 16.9. The number of nitrogens with zero attached hydrogens (tertiary/aromatic N) is 3. The fourth-order valence-corrected chi connectivity index (χ4v) is 3.98. The van der Waals surface area contributed by atoms with Crippen LogP contribution in [0.3, 0.4) is 0 Å². The number of H-pyrrole nitrogens is 2. The van der Waals surface area contributed by atoms with Crippen molar-refractivity contribution < 1.29 is 13.2 Å². The van der Waals surface area contributed by atoms with E-state index in [0.717, 1.165) is 18.0 Å². The Morgan fingerprint density at radius 1 is 1.00 bits per heavy atom. The van der Waals surface area contributed by atoms with E-state index in [2.05, 4.69) is 19.9 Å². The van der Waals surface area contributed by atoms with Crippen molar-refractivity contribution in [2.75, 3.05) is 36.8 Å². The lowest BCUT2D eigenvalue weighted by Gasteiger charge is -2.40. The lowest BCUT2D eigenvalue weighted by Crippen LogP contribution is -2.49. The minimum atomic E-state index is -4.54. The Bertz CT molecular complexity index is 1200. The maximum atomic E-state index is 13.4. The molecule has 0 spiro atoms. The number of rotatable bonds is 4. The second kappa shape index (κ2) is 8.50. The van der Waals surface area contributed by atoms with Gasteiger partial charge in [0.05, 0.1) is 17.2 Å². The molecule has 0 aliphatic carbocycles. The molecule has 8 nitrogen and oxygen atoms in total. The molecule has 0 amide bonds. The predicted molar refractivity (Wildman–Crippen MR) is 113 cm³/mol. The number of nitrogens with two attached hydrogens (primary N) is 1. The number of anilines is 2. The van der Waals surface area contributed by atoms with Gasteiger partial charge in [0.2, 0.25) is 0 Å². The maximum absolute atomic E-state index is 13.4. The van der Waals surface area contributed by atoms with Crippen LogP contribution >= 0.6 is 0 Å². The summed E-state index contributed by atoms with van der Waals surface area (Å²) in [6, 6.07) is 9.50. The fourth-order valence-electron chi connectivity index (χ4n) is 3.98. The van der Waals surface area contributed by atoms with Crippen LogP contribution in [0.1, 0.15) is 22.7 Å². The van der Waals surface area contributed by atoms with Crippen LogP contribution in [0.2, 0.25) is 0 Å². The van der Waals surface area contributed by atoms with Crippen molar-refractivity contribution in [3.63, 3.8) is 0 Å². The number of hydrogen-bond acceptors (Lipinski definition) is 6. The molecule has 2 aromatic heterocycles. The summed E-state index contributed by atoms with van der Waals surface area (Å²) in [6.07, 6.45) is -2.85. The molecule has 11 heteroatoms. The molecule has 3 heterocycles. The van der Waals surface area contributed by atoms with Gasteiger partial charge in [-0.15, -0.1) is 0 Å². The van der Waals surface area contributed by atoms with Crippen LogP contribution in [0.15, 0.2) is 58.3 Å². The summed E-state index contributed by atoms with van der Waals surface area (Å²) in [5, 5.41) is 0. The molecule has 0 radical (unpaired) electrons. The number of aromatic amines is 2. The lowest BCUT2D eigenvalue weighted by molar-refractivity contribution is -0.137. The van der Waals surface area contributed by atoms with E-state index in [1.54, 1.807) is 6.20 Å². The quantitative estimate of drug-likeness (QED) is 0.565. The lowest BCUT2D eigenvalue weighted by atomic mass is 9.95. The summed E-state index contributed by atoms with van der Waals surface area (Å²) in [7, 11) is 0. The van der Waals surface area contributed by atoms with Gasteiger partial charge in [0.25, 0.3) is 5.56 Å². The first kappa shape index (κ1) is 21.6. The Kier molecular flexibility index (Phi) is 5.74. The number of alkyl halides is 3. The summed E-state index contributed by atoms with van der Waals surface area (Å²) < 4.78 is 40.1. The number of halogens is 3. The SMILES string of the molecule is Nc1[nH]c(=O)[nH]c(=O)c1C(c1cccc(C(F)(F)F)c1)N1CCN(c2ccccn2)CC1. The van der Waals surface area contributed by atoms with Crippen molar-refractivity contribution in [1.82, 2.24) is 19.9 Å². The number of hydrogen-bond donors (Lipinski definition) is 3. The Hall–Kier alpha value is -3.60. The van der Waals surface area contributed by atoms with E-state index in [4.69, 9.17) is 5.73 Å². The Balaban J connectivity index is 1.73. The van der Waals surface area contributed by atoms with Gasteiger partial charge < -0.3 is 10.6 Å². The van der Waals surface area contributed by atoms with Crippen LogP contribution in [0.5, 0.6) is 0 Å². The molecule has 32 heavy (non-hydrogen) atoms. The first-order valence-corrected chi connectivity index (χ1v) is 9.93. The Morgan fingerprint density at radius 2 is 1.75 bits per heavy atom. The van der Waals surface area contributed by atoms with Crippen molar-refractivity contribution in [1.29, 1.82) is 0 Å². The van der Waals surface area contributed by atoms with Crippen molar-refractivity contribution >= 4 is 11.6 Å². The molecule has 4 N–H and O–H groups in total. The molecule has 1 aliphatic rings.